The number of hydrogen-bond acceptors (Lipinski definition) is 4. The van der Waals surface area contributed by atoms with Crippen molar-refractivity contribution in [3.05, 3.63) is 17.8 Å². The van der Waals surface area contributed by atoms with E-state index in [1.807, 2.05) is 19.1 Å². The van der Waals surface area contributed by atoms with E-state index in [0.717, 1.165) is 18.7 Å². The van der Waals surface area contributed by atoms with Gasteiger partial charge < -0.3 is 15.2 Å². The molecule has 0 unspecified atom stereocenters. The third-order valence-corrected chi connectivity index (χ3v) is 1.86. The van der Waals surface area contributed by atoms with E-state index in [4.69, 9.17) is 15.2 Å². The zero-order chi connectivity index (χ0) is 11.1. The second kappa shape index (κ2) is 6.24. The average Bonchev–Trinajstić information content (AvgIpc) is 2.20. The lowest BCUT2D eigenvalue weighted by molar-refractivity contribution is 0.101. The lowest BCUT2D eigenvalue weighted by atomic mass is 10.3. The van der Waals surface area contributed by atoms with Gasteiger partial charge in [-0.25, -0.2) is 4.98 Å². The van der Waals surface area contributed by atoms with Crippen LogP contribution in [0.5, 0.6) is 5.75 Å². The highest BCUT2D eigenvalue weighted by Crippen LogP contribution is 2.18. The molecule has 0 bridgehead atoms. The maximum absolute atomic E-state index is 5.69. The van der Waals surface area contributed by atoms with Crippen molar-refractivity contribution in [3.63, 3.8) is 0 Å². The Morgan fingerprint density at radius 3 is 2.73 bits per heavy atom. The van der Waals surface area contributed by atoms with E-state index in [2.05, 4.69) is 11.9 Å². The fourth-order valence-electron chi connectivity index (χ4n) is 1.14. The van der Waals surface area contributed by atoms with Crippen LogP contribution in [0.3, 0.4) is 0 Å². The standard InChI is InChI=1S/C11H18N2O2/c1-3-6-14-7-8-15-10-5-4-9(2)13-11(10)12/h4-5H,3,6-8H2,1-2H3,(H2,12,13). The van der Waals surface area contributed by atoms with Crippen LogP contribution < -0.4 is 10.5 Å². The van der Waals surface area contributed by atoms with E-state index in [1.54, 1.807) is 0 Å². The van der Waals surface area contributed by atoms with Crippen molar-refractivity contribution in [2.75, 3.05) is 25.6 Å². The van der Waals surface area contributed by atoms with Crippen molar-refractivity contribution < 1.29 is 9.47 Å². The summed E-state index contributed by atoms with van der Waals surface area (Å²) in [6.45, 7) is 5.83. The summed E-state index contributed by atoms with van der Waals surface area (Å²) in [5, 5.41) is 0. The molecule has 84 valence electrons. The Kier molecular flexibility index (Phi) is 4.90. The van der Waals surface area contributed by atoms with Crippen molar-refractivity contribution in [1.82, 2.24) is 4.98 Å². The van der Waals surface area contributed by atoms with Crippen molar-refractivity contribution >= 4 is 5.82 Å². The summed E-state index contributed by atoms with van der Waals surface area (Å²) in [5.74, 6) is 1.06. The molecule has 1 heterocycles. The quantitative estimate of drug-likeness (QED) is 0.727. The minimum absolute atomic E-state index is 0.436. The molecule has 1 aromatic heterocycles. The molecule has 1 rings (SSSR count). The Bertz CT molecular complexity index is 303. The number of rotatable bonds is 6. The van der Waals surface area contributed by atoms with Crippen molar-refractivity contribution in [1.29, 1.82) is 0 Å². The maximum atomic E-state index is 5.69. The summed E-state index contributed by atoms with van der Waals surface area (Å²) < 4.78 is 10.7. The van der Waals surface area contributed by atoms with Crippen LogP contribution in [0, 0.1) is 6.92 Å². The molecule has 15 heavy (non-hydrogen) atoms. The van der Waals surface area contributed by atoms with Gasteiger partial charge in [0.25, 0.3) is 0 Å². The zero-order valence-electron chi connectivity index (χ0n) is 9.32. The monoisotopic (exact) mass is 210 g/mol. The lowest BCUT2D eigenvalue weighted by Crippen LogP contribution is -2.08. The van der Waals surface area contributed by atoms with Crippen molar-refractivity contribution in [2.24, 2.45) is 0 Å². The normalized spacial score (nSPS) is 10.3. The van der Waals surface area contributed by atoms with Gasteiger partial charge in [-0.2, -0.15) is 0 Å². The first-order valence-corrected chi connectivity index (χ1v) is 5.17. The van der Waals surface area contributed by atoms with Crippen LogP contribution in [0.25, 0.3) is 0 Å². The molecule has 0 fully saturated rings. The number of pyridine rings is 1. The highest BCUT2D eigenvalue weighted by Gasteiger charge is 2.00. The fourth-order valence-corrected chi connectivity index (χ4v) is 1.14. The number of ether oxygens (including phenoxy) is 2. The Morgan fingerprint density at radius 1 is 1.27 bits per heavy atom. The molecule has 0 amide bonds. The van der Waals surface area contributed by atoms with Crippen LogP contribution in [0.4, 0.5) is 5.82 Å². The van der Waals surface area contributed by atoms with Gasteiger partial charge in [0.2, 0.25) is 0 Å². The lowest BCUT2D eigenvalue weighted by Gasteiger charge is -2.08. The third kappa shape index (κ3) is 4.16. The van der Waals surface area contributed by atoms with Gasteiger partial charge >= 0.3 is 0 Å². The highest BCUT2D eigenvalue weighted by atomic mass is 16.5. The summed E-state index contributed by atoms with van der Waals surface area (Å²) >= 11 is 0. The molecule has 0 saturated carbocycles. The first-order chi connectivity index (χ1) is 7.24. The number of nitrogens with two attached hydrogens (primary N) is 1. The Morgan fingerprint density at radius 2 is 2.07 bits per heavy atom. The number of nitrogens with zero attached hydrogens (tertiary/aromatic N) is 1. The number of aryl methyl sites for hydroxylation is 1. The Labute approximate surface area is 90.4 Å². The van der Waals surface area contributed by atoms with Crippen molar-refractivity contribution in [3.8, 4) is 5.75 Å². The number of aromatic nitrogens is 1. The van der Waals surface area contributed by atoms with Crippen LogP contribution in [0.1, 0.15) is 19.0 Å². The molecule has 0 radical (unpaired) electrons. The molecule has 1 aromatic rings. The minimum atomic E-state index is 0.436. The van der Waals surface area contributed by atoms with Gasteiger partial charge in [0.1, 0.15) is 6.61 Å². The van der Waals surface area contributed by atoms with E-state index in [9.17, 15) is 0 Å². The zero-order valence-corrected chi connectivity index (χ0v) is 9.32. The first-order valence-electron chi connectivity index (χ1n) is 5.17. The molecule has 0 aromatic carbocycles. The molecule has 0 atom stereocenters. The molecule has 0 aliphatic rings. The smallest absolute Gasteiger partial charge is 0.166 e. The van der Waals surface area contributed by atoms with Crippen LogP contribution in [0.15, 0.2) is 12.1 Å². The molecular formula is C11H18N2O2. The van der Waals surface area contributed by atoms with Gasteiger partial charge in [-0.1, -0.05) is 6.92 Å². The average molecular weight is 210 g/mol. The number of nitrogen functional groups attached to an aromatic ring is 1. The maximum Gasteiger partial charge on any atom is 0.166 e. The molecule has 0 aliphatic heterocycles. The van der Waals surface area contributed by atoms with E-state index in [0.29, 0.717) is 24.8 Å². The fraction of sp³-hybridized carbons (Fsp3) is 0.545. The predicted octanol–water partition coefficient (Wildman–Crippen LogP) is 1.78. The van der Waals surface area contributed by atoms with E-state index < -0.39 is 0 Å². The molecule has 0 aliphatic carbocycles. The Balaban J connectivity index is 2.31. The van der Waals surface area contributed by atoms with Crippen molar-refractivity contribution in [2.45, 2.75) is 20.3 Å². The predicted molar refractivity (Wildman–Crippen MR) is 60.0 cm³/mol. The summed E-state index contributed by atoms with van der Waals surface area (Å²) in [4.78, 5) is 4.10. The second-order valence-corrected chi connectivity index (χ2v) is 3.30. The Hall–Kier alpha value is -1.29. The van der Waals surface area contributed by atoms with Crippen LogP contribution >= 0.6 is 0 Å². The summed E-state index contributed by atoms with van der Waals surface area (Å²) in [6, 6.07) is 3.70. The van der Waals surface area contributed by atoms with Crippen LogP contribution in [0.2, 0.25) is 0 Å². The summed E-state index contributed by atoms with van der Waals surface area (Å²) in [5.41, 5.74) is 6.58. The third-order valence-electron chi connectivity index (χ3n) is 1.86. The summed E-state index contributed by atoms with van der Waals surface area (Å²) in [7, 11) is 0. The van der Waals surface area contributed by atoms with E-state index in [1.165, 1.54) is 0 Å². The van der Waals surface area contributed by atoms with E-state index in [-0.39, 0.29) is 0 Å². The van der Waals surface area contributed by atoms with Gasteiger partial charge in [0.15, 0.2) is 11.6 Å². The molecule has 0 saturated heterocycles. The molecular weight excluding hydrogens is 192 g/mol. The molecule has 2 N–H and O–H groups in total. The largest absolute Gasteiger partial charge is 0.487 e. The van der Waals surface area contributed by atoms with Gasteiger partial charge in [-0.05, 0) is 25.5 Å². The molecule has 4 nitrogen and oxygen atoms in total. The number of hydrogen-bond donors (Lipinski definition) is 1. The first kappa shape index (κ1) is 11.8. The van der Waals surface area contributed by atoms with Gasteiger partial charge in [-0.3, -0.25) is 0 Å². The van der Waals surface area contributed by atoms with Gasteiger partial charge in [0.05, 0.1) is 6.61 Å². The topological polar surface area (TPSA) is 57.4 Å². The van der Waals surface area contributed by atoms with Gasteiger partial charge in [0, 0.05) is 12.3 Å². The second-order valence-electron chi connectivity index (χ2n) is 3.30. The van der Waals surface area contributed by atoms with Crippen LogP contribution in [-0.2, 0) is 4.74 Å². The minimum Gasteiger partial charge on any atom is -0.487 e. The summed E-state index contributed by atoms with van der Waals surface area (Å²) in [6.07, 6.45) is 1.02. The molecule has 0 spiro atoms. The van der Waals surface area contributed by atoms with E-state index >= 15 is 0 Å². The highest BCUT2D eigenvalue weighted by molar-refractivity contribution is 5.46. The number of anilines is 1. The van der Waals surface area contributed by atoms with Gasteiger partial charge in [-0.15, -0.1) is 0 Å². The SMILES string of the molecule is CCCOCCOc1ccc(C)nc1N. The van der Waals surface area contributed by atoms with Crippen LogP contribution in [-0.4, -0.2) is 24.8 Å². The molecule has 4 heteroatoms.